The smallest absolute Gasteiger partial charge is 0.332 e. The summed E-state index contributed by atoms with van der Waals surface area (Å²) in [6, 6.07) is 1.13. The zero-order valence-electron chi connectivity index (χ0n) is 9.48. The van der Waals surface area contributed by atoms with Gasteiger partial charge >= 0.3 is 5.69 Å². The van der Waals surface area contributed by atoms with Crippen LogP contribution in [0.5, 0.6) is 0 Å². The van der Waals surface area contributed by atoms with Gasteiger partial charge in [0.15, 0.2) is 5.43 Å². The number of hydrogen-bond acceptors (Lipinski definition) is 4. The van der Waals surface area contributed by atoms with Crippen molar-refractivity contribution in [1.29, 1.82) is 0 Å². The Hall–Kier alpha value is -2.31. The topological polar surface area (TPSA) is 103 Å². The molecular formula is C10H12N4O3. The molecule has 90 valence electrons. The van der Waals surface area contributed by atoms with Gasteiger partial charge in [-0.15, -0.1) is 0 Å². The molecule has 2 rings (SSSR count). The van der Waals surface area contributed by atoms with E-state index in [-0.39, 0.29) is 23.4 Å². The first kappa shape index (κ1) is 11.2. The molecule has 2 aromatic rings. The van der Waals surface area contributed by atoms with E-state index in [9.17, 15) is 14.4 Å². The number of aryl methyl sites for hydroxylation is 1. The van der Waals surface area contributed by atoms with Crippen molar-refractivity contribution in [2.75, 3.05) is 5.73 Å². The molecule has 17 heavy (non-hydrogen) atoms. The Bertz CT molecular complexity index is 766. The van der Waals surface area contributed by atoms with E-state index in [0.29, 0.717) is 0 Å². The van der Waals surface area contributed by atoms with Gasteiger partial charge in [-0.1, -0.05) is 0 Å². The highest BCUT2D eigenvalue weighted by Crippen LogP contribution is 2.01. The van der Waals surface area contributed by atoms with Crippen LogP contribution in [0.1, 0.15) is 6.92 Å². The van der Waals surface area contributed by atoms with Crippen LogP contribution in [0.2, 0.25) is 0 Å². The quantitative estimate of drug-likeness (QED) is 0.662. The highest BCUT2D eigenvalue weighted by Gasteiger charge is 2.13. The first-order valence-electron chi connectivity index (χ1n) is 5.09. The van der Waals surface area contributed by atoms with Gasteiger partial charge in [0.1, 0.15) is 16.9 Å². The second-order valence-electron chi connectivity index (χ2n) is 3.70. The number of aromatic amines is 1. The number of aromatic nitrogens is 3. The Morgan fingerprint density at radius 2 is 2.00 bits per heavy atom. The third-order valence-electron chi connectivity index (χ3n) is 2.66. The summed E-state index contributed by atoms with van der Waals surface area (Å²) < 4.78 is 2.21. The summed E-state index contributed by atoms with van der Waals surface area (Å²) in [5.41, 5.74) is 4.07. The Labute approximate surface area is 95.1 Å². The Morgan fingerprint density at radius 3 is 2.59 bits per heavy atom. The van der Waals surface area contributed by atoms with E-state index in [0.717, 1.165) is 10.6 Å². The lowest BCUT2D eigenvalue weighted by molar-refractivity contribution is 0.637. The van der Waals surface area contributed by atoms with Crippen molar-refractivity contribution in [3.8, 4) is 0 Å². The maximum atomic E-state index is 12.0. The minimum absolute atomic E-state index is 0.0526. The molecule has 0 unspecified atom stereocenters. The molecule has 0 atom stereocenters. The molecule has 0 radical (unpaired) electrons. The number of rotatable bonds is 1. The summed E-state index contributed by atoms with van der Waals surface area (Å²) in [5, 5.41) is -0.0526. The third kappa shape index (κ3) is 1.47. The molecule has 2 aromatic heterocycles. The van der Waals surface area contributed by atoms with Crippen molar-refractivity contribution in [2.24, 2.45) is 7.05 Å². The van der Waals surface area contributed by atoms with Crippen LogP contribution in [0.15, 0.2) is 20.4 Å². The lowest BCUT2D eigenvalue weighted by atomic mass is 10.3. The summed E-state index contributed by atoms with van der Waals surface area (Å²) in [5.74, 6) is 0.117. The number of nitrogens with one attached hydrogen (secondary N) is 1. The summed E-state index contributed by atoms with van der Waals surface area (Å²) in [6.07, 6.45) is 0. The van der Waals surface area contributed by atoms with Gasteiger partial charge in [-0.05, 0) is 6.92 Å². The molecular weight excluding hydrogens is 224 g/mol. The van der Waals surface area contributed by atoms with Crippen LogP contribution in [-0.2, 0) is 13.6 Å². The highest BCUT2D eigenvalue weighted by atomic mass is 16.2. The fourth-order valence-corrected chi connectivity index (χ4v) is 1.80. The molecule has 2 heterocycles. The molecule has 0 aromatic carbocycles. The van der Waals surface area contributed by atoms with Gasteiger partial charge < -0.3 is 10.7 Å². The molecule has 0 aliphatic carbocycles. The van der Waals surface area contributed by atoms with Gasteiger partial charge in [-0.25, -0.2) is 4.79 Å². The monoisotopic (exact) mass is 236 g/mol. The summed E-state index contributed by atoms with van der Waals surface area (Å²) in [7, 11) is 1.48. The summed E-state index contributed by atoms with van der Waals surface area (Å²) in [4.78, 5) is 38.2. The molecule has 3 N–H and O–H groups in total. The zero-order valence-corrected chi connectivity index (χ0v) is 9.48. The zero-order chi connectivity index (χ0) is 12.7. The summed E-state index contributed by atoms with van der Waals surface area (Å²) >= 11 is 0. The predicted molar refractivity (Wildman–Crippen MR) is 64.2 cm³/mol. The standard InChI is InChI=1S/C10H12N4O3/c1-3-14-9(16)7-5(15)4-6(11)12-8(7)13(2)10(14)17/h4H,3H2,1-2H3,(H3,11,12,15). The highest BCUT2D eigenvalue weighted by molar-refractivity contribution is 5.75. The molecule has 0 saturated carbocycles. The van der Waals surface area contributed by atoms with E-state index in [1.807, 2.05) is 0 Å². The van der Waals surface area contributed by atoms with Gasteiger partial charge in [0.2, 0.25) is 0 Å². The first-order chi connectivity index (χ1) is 7.97. The van der Waals surface area contributed by atoms with E-state index in [4.69, 9.17) is 5.73 Å². The van der Waals surface area contributed by atoms with Crippen LogP contribution in [0.25, 0.3) is 11.0 Å². The van der Waals surface area contributed by atoms with E-state index < -0.39 is 16.7 Å². The van der Waals surface area contributed by atoms with Gasteiger partial charge in [0.25, 0.3) is 5.56 Å². The first-order valence-corrected chi connectivity index (χ1v) is 5.09. The van der Waals surface area contributed by atoms with Crippen LogP contribution >= 0.6 is 0 Å². The number of fused-ring (bicyclic) bond motifs is 1. The minimum atomic E-state index is -0.591. The molecule has 7 nitrogen and oxygen atoms in total. The maximum absolute atomic E-state index is 12.0. The van der Waals surface area contributed by atoms with Crippen molar-refractivity contribution in [2.45, 2.75) is 13.5 Å². The molecule has 0 fully saturated rings. The lowest BCUT2D eigenvalue weighted by Gasteiger charge is -2.08. The van der Waals surface area contributed by atoms with Crippen LogP contribution < -0.4 is 22.4 Å². The van der Waals surface area contributed by atoms with Crippen LogP contribution in [0.3, 0.4) is 0 Å². The second kappa shape index (κ2) is 3.62. The SMILES string of the molecule is CCn1c(=O)c2c(=O)cc(N)[nH]c2n(C)c1=O. The van der Waals surface area contributed by atoms with Gasteiger partial charge in [-0.2, -0.15) is 0 Å². The largest absolute Gasteiger partial charge is 0.385 e. The van der Waals surface area contributed by atoms with Crippen LogP contribution in [-0.4, -0.2) is 14.1 Å². The molecule has 0 aliphatic rings. The van der Waals surface area contributed by atoms with E-state index in [1.54, 1.807) is 6.92 Å². The normalized spacial score (nSPS) is 10.9. The number of nitrogen functional groups attached to an aromatic ring is 1. The van der Waals surface area contributed by atoms with Gasteiger partial charge in [0, 0.05) is 19.7 Å². The summed E-state index contributed by atoms with van der Waals surface area (Å²) in [6.45, 7) is 1.88. The maximum Gasteiger partial charge on any atom is 0.332 e. The van der Waals surface area contributed by atoms with Gasteiger partial charge in [-0.3, -0.25) is 18.7 Å². The molecule has 7 heteroatoms. The number of hydrogen-bond donors (Lipinski definition) is 2. The van der Waals surface area contributed by atoms with Crippen LogP contribution in [0, 0.1) is 0 Å². The van der Waals surface area contributed by atoms with Crippen molar-refractivity contribution in [3.63, 3.8) is 0 Å². The van der Waals surface area contributed by atoms with Crippen molar-refractivity contribution >= 4 is 16.9 Å². The number of nitrogens with two attached hydrogens (primary N) is 1. The van der Waals surface area contributed by atoms with Crippen molar-refractivity contribution in [3.05, 3.63) is 37.1 Å². The van der Waals surface area contributed by atoms with Crippen molar-refractivity contribution in [1.82, 2.24) is 14.1 Å². The number of pyridine rings is 1. The Kier molecular flexibility index (Phi) is 2.38. The third-order valence-corrected chi connectivity index (χ3v) is 2.66. The van der Waals surface area contributed by atoms with E-state index in [2.05, 4.69) is 4.98 Å². The molecule has 0 bridgehead atoms. The Morgan fingerprint density at radius 1 is 1.35 bits per heavy atom. The van der Waals surface area contributed by atoms with Crippen molar-refractivity contribution < 1.29 is 0 Å². The minimum Gasteiger partial charge on any atom is -0.385 e. The fraction of sp³-hybridized carbons (Fsp3) is 0.300. The Balaban J connectivity index is 3.22. The molecule has 0 spiro atoms. The number of H-pyrrole nitrogens is 1. The lowest BCUT2D eigenvalue weighted by Crippen LogP contribution is -2.40. The predicted octanol–water partition coefficient (Wildman–Crippen LogP) is -1.01. The van der Waals surface area contributed by atoms with Gasteiger partial charge in [0.05, 0.1) is 0 Å². The average Bonchev–Trinajstić information content (AvgIpc) is 2.25. The van der Waals surface area contributed by atoms with E-state index >= 15 is 0 Å². The number of nitrogens with zero attached hydrogens (tertiary/aromatic N) is 2. The van der Waals surface area contributed by atoms with Crippen LogP contribution in [0.4, 0.5) is 5.82 Å². The average molecular weight is 236 g/mol. The second-order valence-corrected chi connectivity index (χ2v) is 3.70. The molecule has 0 aliphatic heterocycles. The fourth-order valence-electron chi connectivity index (χ4n) is 1.80. The van der Waals surface area contributed by atoms with E-state index in [1.165, 1.54) is 11.6 Å². The molecule has 0 amide bonds. The number of anilines is 1. The molecule has 0 saturated heterocycles.